The normalized spacial score (nSPS) is 34.3. The van der Waals surface area contributed by atoms with Crippen LogP contribution in [0.4, 0.5) is 13.2 Å². The Bertz CT molecular complexity index is 731. The maximum atomic E-state index is 15.1. The molecule has 178 valence electrons. The molecule has 1 aromatic rings. The molecule has 0 bridgehead atoms. The highest BCUT2D eigenvalue weighted by Gasteiger charge is 2.34. The average Bonchev–Trinajstić information content (AvgIpc) is 2.83. The van der Waals surface area contributed by atoms with Crippen molar-refractivity contribution in [2.24, 2.45) is 23.7 Å². The molecule has 0 N–H and O–H groups in total. The molecular formula is C29H41F3. The van der Waals surface area contributed by atoms with Crippen LogP contribution in [0.15, 0.2) is 30.4 Å². The van der Waals surface area contributed by atoms with Crippen molar-refractivity contribution >= 4 is 0 Å². The summed E-state index contributed by atoms with van der Waals surface area (Å²) in [6, 6.07) is 6.11. The van der Waals surface area contributed by atoms with Crippen LogP contribution in [-0.2, 0) is 0 Å². The molecule has 0 spiro atoms. The van der Waals surface area contributed by atoms with Crippen molar-refractivity contribution in [2.75, 3.05) is 0 Å². The van der Waals surface area contributed by atoms with E-state index in [0.29, 0.717) is 42.4 Å². The molecule has 32 heavy (non-hydrogen) atoms. The molecule has 3 saturated carbocycles. The number of hydrogen-bond acceptors (Lipinski definition) is 0. The number of allylic oxidation sites excluding steroid dienone is 2. The lowest BCUT2D eigenvalue weighted by Crippen LogP contribution is -2.27. The third-order valence-corrected chi connectivity index (χ3v) is 8.96. The van der Waals surface area contributed by atoms with Gasteiger partial charge in [0.2, 0.25) is 6.43 Å². The molecule has 0 saturated heterocycles. The van der Waals surface area contributed by atoms with Crippen LogP contribution < -0.4 is 0 Å². The second kappa shape index (κ2) is 11.3. The maximum absolute atomic E-state index is 15.1. The van der Waals surface area contributed by atoms with Gasteiger partial charge in [0.15, 0.2) is 0 Å². The van der Waals surface area contributed by atoms with E-state index in [1.165, 1.54) is 18.4 Å². The summed E-state index contributed by atoms with van der Waals surface area (Å²) >= 11 is 0. The highest BCUT2D eigenvalue weighted by molar-refractivity contribution is 5.30. The van der Waals surface area contributed by atoms with Crippen LogP contribution in [0.25, 0.3) is 0 Å². The van der Waals surface area contributed by atoms with Crippen LogP contribution in [0.2, 0.25) is 0 Å². The van der Waals surface area contributed by atoms with Gasteiger partial charge in [-0.3, -0.25) is 0 Å². The number of alkyl halides is 2. The summed E-state index contributed by atoms with van der Waals surface area (Å²) in [5.74, 6) is 2.42. The highest BCUT2D eigenvalue weighted by Crippen LogP contribution is 2.45. The van der Waals surface area contributed by atoms with E-state index in [-0.39, 0.29) is 11.7 Å². The fraction of sp³-hybridized carbons (Fsp3) is 0.724. The van der Waals surface area contributed by atoms with E-state index in [2.05, 4.69) is 31.2 Å². The Morgan fingerprint density at radius 3 is 1.97 bits per heavy atom. The molecule has 3 aliphatic rings. The molecule has 4 rings (SSSR count). The molecule has 0 radical (unpaired) electrons. The zero-order chi connectivity index (χ0) is 22.5. The molecule has 0 aromatic heterocycles. The van der Waals surface area contributed by atoms with Crippen molar-refractivity contribution < 1.29 is 13.2 Å². The van der Waals surface area contributed by atoms with Gasteiger partial charge < -0.3 is 0 Å². The van der Waals surface area contributed by atoms with E-state index in [0.717, 1.165) is 63.4 Å². The van der Waals surface area contributed by atoms with Crippen molar-refractivity contribution in [1.29, 1.82) is 0 Å². The van der Waals surface area contributed by atoms with E-state index in [1.807, 2.05) is 6.07 Å². The molecule has 0 nitrogen and oxygen atoms in total. The predicted molar refractivity (Wildman–Crippen MR) is 127 cm³/mol. The lowest BCUT2D eigenvalue weighted by Gasteiger charge is -2.38. The van der Waals surface area contributed by atoms with Gasteiger partial charge in [-0.05, 0) is 130 Å². The first-order chi connectivity index (χ1) is 15.5. The topological polar surface area (TPSA) is 0 Å². The number of benzene rings is 1. The standard InChI is InChI=1S/C29H41F3/c1-2-3-4-20-5-7-23(8-6-20)26-17-18-27(28(30)19-26)24-13-9-21(10-14-24)22-11-15-25(16-12-22)29(31)32/h3-4,17-25,29H,2,5-16H2,1H3/b4-3+. The predicted octanol–water partition coefficient (Wildman–Crippen LogP) is 9.41. The number of hydrogen-bond donors (Lipinski definition) is 0. The first kappa shape index (κ1) is 23.9. The van der Waals surface area contributed by atoms with E-state index >= 15 is 4.39 Å². The molecule has 0 aliphatic heterocycles. The molecule has 1 aromatic carbocycles. The van der Waals surface area contributed by atoms with Crippen LogP contribution in [-0.4, -0.2) is 6.43 Å². The third kappa shape index (κ3) is 5.81. The van der Waals surface area contributed by atoms with Gasteiger partial charge >= 0.3 is 0 Å². The van der Waals surface area contributed by atoms with Crippen molar-refractivity contribution in [2.45, 2.75) is 109 Å². The fourth-order valence-corrected chi connectivity index (χ4v) is 6.87. The zero-order valence-electron chi connectivity index (χ0n) is 19.8. The van der Waals surface area contributed by atoms with Gasteiger partial charge in [0.1, 0.15) is 5.82 Å². The minimum atomic E-state index is -2.15. The zero-order valence-corrected chi connectivity index (χ0v) is 19.8. The molecule has 0 unspecified atom stereocenters. The van der Waals surface area contributed by atoms with Crippen LogP contribution in [0.5, 0.6) is 0 Å². The summed E-state index contributed by atoms with van der Waals surface area (Å²) in [7, 11) is 0. The second-order valence-electron chi connectivity index (χ2n) is 10.9. The Balaban J connectivity index is 1.28. The van der Waals surface area contributed by atoms with Gasteiger partial charge in [0.05, 0.1) is 0 Å². The monoisotopic (exact) mass is 446 g/mol. The largest absolute Gasteiger partial charge is 0.241 e. The lowest BCUT2D eigenvalue weighted by molar-refractivity contribution is 0.0353. The minimum absolute atomic E-state index is 0.00334. The van der Waals surface area contributed by atoms with Crippen molar-refractivity contribution in [3.8, 4) is 0 Å². The van der Waals surface area contributed by atoms with Gasteiger partial charge in [-0.1, -0.05) is 31.2 Å². The van der Waals surface area contributed by atoms with Crippen molar-refractivity contribution in [1.82, 2.24) is 0 Å². The van der Waals surface area contributed by atoms with Crippen LogP contribution >= 0.6 is 0 Å². The summed E-state index contributed by atoms with van der Waals surface area (Å²) in [5.41, 5.74) is 2.10. The minimum Gasteiger partial charge on any atom is -0.210 e. The van der Waals surface area contributed by atoms with Crippen molar-refractivity contribution in [3.05, 3.63) is 47.3 Å². The Hall–Kier alpha value is -1.25. The third-order valence-electron chi connectivity index (χ3n) is 8.96. The van der Waals surface area contributed by atoms with Gasteiger partial charge in [0.25, 0.3) is 0 Å². The maximum Gasteiger partial charge on any atom is 0.241 e. The van der Waals surface area contributed by atoms with Crippen LogP contribution in [0.3, 0.4) is 0 Å². The molecule has 3 aliphatic carbocycles. The van der Waals surface area contributed by atoms with E-state index in [4.69, 9.17) is 0 Å². The smallest absolute Gasteiger partial charge is 0.210 e. The molecule has 0 atom stereocenters. The summed E-state index contributed by atoms with van der Waals surface area (Å²) in [6.45, 7) is 2.18. The van der Waals surface area contributed by atoms with Crippen LogP contribution in [0.1, 0.15) is 113 Å². The van der Waals surface area contributed by atoms with Crippen molar-refractivity contribution in [3.63, 3.8) is 0 Å². The first-order valence-corrected chi connectivity index (χ1v) is 13.3. The average molecular weight is 447 g/mol. The van der Waals surface area contributed by atoms with E-state index < -0.39 is 6.43 Å². The summed E-state index contributed by atoms with van der Waals surface area (Å²) in [5, 5.41) is 0. The Morgan fingerprint density at radius 2 is 1.41 bits per heavy atom. The van der Waals surface area contributed by atoms with Gasteiger partial charge in [0, 0.05) is 5.92 Å². The Kier molecular flexibility index (Phi) is 8.40. The molecule has 3 fully saturated rings. The van der Waals surface area contributed by atoms with E-state index in [9.17, 15) is 8.78 Å². The summed E-state index contributed by atoms with van der Waals surface area (Å²) < 4.78 is 41.0. The summed E-state index contributed by atoms with van der Waals surface area (Å²) in [4.78, 5) is 0. The fourth-order valence-electron chi connectivity index (χ4n) is 6.87. The van der Waals surface area contributed by atoms with Gasteiger partial charge in [-0.25, -0.2) is 13.2 Å². The van der Waals surface area contributed by atoms with Gasteiger partial charge in [-0.2, -0.15) is 0 Å². The second-order valence-corrected chi connectivity index (χ2v) is 10.9. The molecule has 0 amide bonds. The molecule has 0 heterocycles. The lowest BCUT2D eigenvalue weighted by atomic mass is 9.68. The number of halogens is 3. The Labute approximate surface area is 193 Å². The SMILES string of the molecule is CC/C=C/C1CCC(c2ccc(C3CCC(C4CCC(C(F)F)CC4)CC3)c(F)c2)CC1. The van der Waals surface area contributed by atoms with Crippen LogP contribution in [0, 0.1) is 29.5 Å². The molecule has 3 heteroatoms. The quantitative estimate of drug-likeness (QED) is 0.382. The first-order valence-electron chi connectivity index (χ1n) is 13.3. The van der Waals surface area contributed by atoms with E-state index in [1.54, 1.807) is 0 Å². The highest BCUT2D eigenvalue weighted by atomic mass is 19.3. The van der Waals surface area contributed by atoms with Gasteiger partial charge in [-0.15, -0.1) is 0 Å². The Morgan fingerprint density at radius 1 is 0.812 bits per heavy atom. The molecular weight excluding hydrogens is 405 g/mol. The summed E-state index contributed by atoms with van der Waals surface area (Å²) in [6.07, 6.45) is 16.0. The number of rotatable bonds is 6.